The van der Waals surface area contributed by atoms with Crippen LogP contribution in [0.3, 0.4) is 0 Å². The Morgan fingerprint density at radius 2 is 2.00 bits per heavy atom. The molecule has 0 radical (unpaired) electrons. The second kappa shape index (κ2) is 8.17. The minimum atomic E-state index is -0.692. The number of ether oxygens (including phenoxy) is 1. The third-order valence-electron chi connectivity index (χ3n) is 3.76. The van der Waals surface area contributed by atoms with E-state index in [1.165, 1.54) is 6.21 Å². The summed E-state index contributed by atoms with van der Waals surface area (Å²) in [6, 6.07) is 7.13. The number of amides is 2. The second-order valence-corrected chi connectivity index (χ2v) is 5.34. The number of nitrogens with zero attached hydrogens (tertiary/aromatic N) is 2. The Bertz CT molecular complexity index is 563. The average molecular weight is 318 g/mol. The van der Waals surface area contributed by atoms with Crippen LogP contribution in [0, 0.1) is 5.92 Å². The van der Waals surface area contributed by atoms with Gasteiger partial charge in [0.25, 0.3) is 0 Å². The van der Waals surface area contributed by atoms with Crippen LogP contribution in [0.1, 0.15) is 25.3 Å². The highest BCUT2D eigenvalue weighted by Gasteiger charge is 2.25. The molecule has 0 bridgehead atoms. The van der Waals surface area contributed by atoms with E-state index in [0.29, 0.717) is 6.61 Å². The number of nitrogens with one attached hydrogen (secondary N) is 1. The standard InChI is InChI=1S/C16H22N4O3/c1-2-23-15(21)13-7-9-20(10-8-13)14-5-3-12(4-6-14)11-18-19-16(17)22/h3-6,11,13H,2,7-10H2,1H3,(H3,17,19,22). The number of carbonyl (C=O) groups excluding carboxylic acids is 2. The van der Waals surface area contributed by atoms with Crippen molar-refractivity contribution < 1.29 is 14.3 Å². The summed E-state index contributed by atoms with van der Waals surface area (Å²) < 4.78 is 5.08. The highest BCUT2D eigenvalue weighted by atomic mass is 16.5. The number of rotatable bonds is 5. The molecule has 0 aromatic heterocycles. The van der Waals surface area contributed by atoms with Crippen LogP contribution in [0.5, 0.6) is 0 Å². The number of anilines is 1. The van der Waals surface area contributed by atoms with Gasteiger partial charge in [0.05, 0.1) is 18.7 Å². The number of primary amides is 1. The Labute approximate surface area is 135 Å². The van der Waals surface area contributed by atoms with E-state index in [0.717, 1.165) is 37.2 Å². The lowest BCUT2D eigenvalue weighted by atomic mass is 9.96. The molecule has 2 rings (SSSR count). The molecular weight excluding hydrogens is 296 g/mol. The molecule has 0 atom stereocenters. The third kappa shape index (κ3) is 4.98. The molecular formula is C16H22N4O3. The Morgan fingerprint density at radius 1 is 1.35 bits per heavy atom. The molecule has 1 aliphatic rings. The molecule has 2 amide bonds. The highest BCUT2D eigenvalue weighted by Crippen LogP contribution is 2.24. The van der Waals surface area contributed by atoms with Gasteiger partial charge in [0.1, 0.15) is 0 Å². The molecule has 1 aromatic rings. The number of hydrogen-bond donors (Lipinski definition) is 2. The zero-order valence-corrected chi connectivity index (χ0v) is 13.2. The van der Waals surface area contributed by atoms with E-state index in [-0.39, 0.29) is 11.9 Å². The number of benzene rings is 1. The van der Waals surface area contributed by atoms with Gasteiger partial charge in [-0.25, -0.2) is 10.2 Å². The van der Waals surface area contributed by atoms with Gasteiger partial charge in [0.2, 0.25) is 0 Å². The van der Waals surface area contributed by atoms with Crippen LogP contribution in [-0.4, -0.2) is 37.9 Å². The van der Waals surface area contributed by atoms with E-state index in [9.17, 15) is 9.59 Å². The zero-order valence-electron chi connectivity index (χ0n) is 13.2. The molecule has 0 spiro atoms. The lowest BCUT2D eigenvalue weighted by Gasteiger charge is -2.32. The first-order chi connectivity index (χ1) is 11.1. The summed E-state index contributed by atoms with van der Waals surface area (Å²) in [6.45, 7) is 3.93. The predicted octanol–water partition coefficient (Wildman–Crippen LogP) is 1.47. The largest absolute Gasteiger partial charge is 0.466 e. The maximum absolute atomic E-state index is 11.7. The van der Waals surface area contributed by atoms with Crippen molar-refractivity contribution in [1.29, 1.82) is 0 Å². The van der Waals surface area contributed by atoms with Gasteiger partial charge in [-0.05, 0) is 37.5 Å². The first-order valence-corrected chi connectivity index (χ1v) is 7.70. The summed E-state index contributed by atoms with van der Waals surface area (Å²) in [5.74, 6) is -0.0712. The molecule has 124 valence electrons. The topological polar surface area (TPSA) is 97.0 Å². The first-order valence-electron chi connectivity index (χ1n) is 7.70. The Hall–Kier alpha value is -2.57. The molecule has 0 unspecified atom stereocenters. The van der Waals surface area contributed by atoms with E-state index in [4.69, 9.17) is 10.5 Å². The second-order valence-electron chi connectivity index (χ2n) is 5.34. The number of urea groups is 1. The Morgan fingerprint density at radius 3 is 2.57 bits per heavy atom. The number of hydrazone groups is 1. The average Bonchev–Trinajstić information content (AvgIpc) is 2.55. The number of piperidine rings is 1. The smallest absolute Gasteiger partial charge is 0.332 e. The van der Waals surface area contributed by atoms with Crippen molar-refractivity contribution in [3.05, 3.63) is 29.8 Å². The van der Waals surface area contributed by atoms with Gasteiger partial charge in [-0.15, -0.1) is 0 Å². The summed E-state index contributed by atoms with van der Waals surface area (Å²) in [6.07, 6.45) is 3.15. The summed E-state index contributed by atoms with van der Waals surface area (Å²) in [5, 5.41) is 3.72. The van der Waals surface area contributed by atoms with Crippen LogP contribution in [-0.2, 0) is 9.53 Å². The van der Waals surface area contributed by atoms with E-state index < -0.39 is 6.03 Å². The Balaban J connectivity index is 1.87. The monoisotopic (exact) mass is 318 g/mol. The van der Waals surface area contributed by atoms with Crippen molar-refractivity contribution in [2.24, 2.45) is 16.8 Å². The molecule has 7 heteroatoms. The van der Waals surface area contributed by atoms with Crippen LogP contribution in [0.4, 0.5) is 10.5 Å². The number of nitrogens with two attached hydrogens (primary N) is 1. The molecule has 1 fully saturated rings. The molecule has 1 aliphatic heterocycles. The molecule has 7 nitrogen and oxygen atoms in total. The predicted molar refractivity (Wildman–Crippen MR) is 88.3 cm³/mol. The van der Waals surface area contributed by atoms with E-state index in [1.54, 1.807) is 0 Å². The molecule has 3 N–H and O–H groups in total. The summed E-state index contributed by atoms with van der Waals surface area (Å²) in [4.78, 5) is 24.5. The van der Waals surface area contributed by atoms with Crippen molar-refractivity contribution in [2.75, 3.05) is 24.6 Å². The lowest BCUT2D eigenvalue weighted by Crippen LogP contribution is -2.36. The maximum Gasteiger partial charge on any atom is 0.332 e. The van der Waals surface area contributed by atoms with Gasteiger partial charge >= 0.3 is 12.0 Å². The van der Waals surface area contributed by atoms with Crippen molar-refractivity contribution >= 4 is 23.9 Å². The maximum atomic E-state index is 11.7. The van der Waals surface area contributed by atoms with Crippen LogP contribution in [0.25, 0.3) is 0 Å². The van der Waals surface area contributed by atoms with Crippen LogP contribution >= 0.6 is 0 Å². The van der Waals surface area contributed by atoms with Gasteiger partial charge in [-0.2, -0.15) is 5.10 Å². The SMILES string of the molecule is CCOC(=O)C1CCN(c2ccc(C=NNC(N)=O)cc2)CC1. The van der Waals surface area contributed by atoms with Crippen LogP contribution in [0.2, 0.25) is 0 Å². The molecule has 23 heavy (non-hydrogen) atoms. The molecule has 1 saturated heterocycles. The fourth-order valence-corrected chi connectivity index (χ4v) is 2.58. The third-order valence-corrected chi connectivity index (χ3v) is 3.76. The van der Waals surface area contributed by atoms with Crippen molar-refractivity contribution in [1.82, 2.24) is 5.43 Å². The highest BCUT2D eigenvalue weighted by molar-refractivity contribution is 5.82. The van der Waals surface area contributed by atoms with E-state index >= 15 is 0 Å². The lowest BCUT2D eigenvalue weighted by molar-refractivity contribution is -0.148. The fraction of sp³-hybridized carbons (Fsp3) is 0.438. The van der Waals surface area contributed by atoms with Crippen molar-refractivity contribution in [3.8, 4) is 0 Å². The first kappa shape index (κ1) is 16.8. The molecule has 1 aromatic carbocycles. The van der Waals surface area contributed by atoms with Gasteiger partial charge in [-0.3, -0.25) is 4.79 Å². The summed E-state index contributed by atoms with van der Waals surface area (Å²) in [5.41, 5.74) is 9.05. The number of esters is 1. The summed E-state index contributed by atoms with van der Waals surface area (Å²) >= 11 is 0. The van der Waals surface area contributed by atoms with E-state index in [1.807, 2.05) is 31.2 Å². The number of hydrogen-bond acceptors (Lipinski definition) is 5. The van der Waals surface area contributed by atoms with Crippen molar-refractivity contribution in [3.63, 3.8) is 0 Å². The number of carbonyl (C=O) groups is 2. The van der Waals surface area contributed by atoms with Crippen LogP contribution in [0.15, 0.2) is 29.4 Å². The van der Waals surface area contributed by atoms with Gasteiger partial charge < -0.3 is 15.4 Å². The van der Waals surface area contributed by atoms with Crippen molar-refractivity contribution in [2.45, 2.75) is 19.8 Å². The summed E-state index contributed by atoms with van der Waals surface area (Å²) in [7, 11) is 0. The van der Waals surface area contributed by atoms with Gasteiger partial charge in [0.15, 0.2) is 0 Å². The van der Waals surface area contributed by atoms with E-state index in [2.05, 4.69) is 15.4 Å². The molecule has 0 aliphatic carbocycles. The minimum Gasteiger partial charge on any atom is -0.466 e. The fourth-order valence-electron chi connectivity index (χ4n) is 2.58. The minimum absolute atomic E-state index is 0.0116. The van der Waals surface area contributed by atoms with Gasteiger partial charge in [0, 0.05) is 18.8 Å². The zero-order chi connectivity index (χ0) is 16.7. The molecule has 1 heterocycles. The quantitative estimate of drug-likeness (QED) is 0.488. The normalized spacial score (nSPS) is 15.6. The molecule has 0 saturated carbocycles. The Kier molecular flexibility index (Phi) is 5.96. The van der Waals surface area contributed by atoms with Crippen LogP contribution < -0.4 is 16.1 Å². The van der Waals surface area contributed by atoms with Gasteiger partial charge in [-0.1, -0.05) is 12.1 Å².